The van der Waals surface area contributed by atoms with Crippen molar-refractivity contribution < 1.29 is 13.5 Å². The molecule has 1 aromatic carbocycles. The molecule has 1 atom stereocenters. The molecule has 0 amide bonds. The highest BCUT2D eigenvalue weighted by Crippen LogP contribution is 2.33. The van der Waals surface area contributed by atoms with Crippen LogP contribution in [0.3, 0.4) is 0 Å². The quantitative estimate of drug-likeness (QED) is 0.910. The van der Waals surface area contributed by atoms with Crippen LogP contribution in [0, 0.1) is 5.82 Å². The number of amidine groups is 1. The largest absolute Gasteiger partial charge is 0.385 e. The van der Waals surface area contributed by atoms with Gasteiger partial charge in [-0.1, -0.05) is 15.9 Å². The van der Waals surface area contributed by atoms with Crippen molar-refractivity contribution in [3.63, 3.8) is 0 Å². The van der Waals surface area contributed by atoms with Crippen LogP contribution < -0.4 is 5.73 Å². The molecule has 0 spiro atoms. The Balaban J connectivity index is 2.54. The summed E-state index contributed by atoms with van der Waals surface area (Å²) < 4.78 is 32.9. The van der Waals surface area contributed by atoms with Crippen LogP contribution in [0.2, 0.25) is 0 Å². The Morgan fingerprint density at radius 1 is 1.53 bits per heavy atom. The Morgan fingerprint density at radius 3 is 2.94 bits per heavy atom. The molecule has 92 valence electrons. The van der Waals surface area contributed by atoms with Gasteiger partial charge in [0.05, 0.1) is 6.61 Å². The molecule has 0 radical (unpaired) electrons. The van der Waals surface area contributed by atoms with Gasteiger partial charge in [-0.15, -0.1) is 0 Å². The van der Waals surface area contributed by atoms with Crippen LogP contribution in [-0.2, 0) is 10.3 Å². The van der Waals surface area contributed by atoms with Gasteiger partial charge in [0.15, 0.2) is 0 Å². The Bertz CT molecular complexity index is 467. The summed E-state index contributed by atoms with van der Waals surface area (Å²) in [5.41, 5.74) is 4.32. The van der Waals surface area contributed by atoms with Gasteiger partial charge >= 0.3 is 0 Å². The lowest BCUT2D eigenvalue weighted by Crippen LogP contribution is -2.41. The van der Waals surface area contributed by atoms with Crippen LogP contribution in [-0.4, -0.2) is 25.7 Å². The number of rotatable bonds is 2. The molecule has 0 saturated heterocycles. The normalized spacial score (nSPS) is 24.5. The Kier molecular flexibility index (Phi) is 3.44. The fraction of sp³-hybridized carbons (Fsp3) is 0.364. The number of nitrogens with zero attached hydrogens (tertiary/aromatic N) is 1. The fourth-order valence-corrected chi connectivity index (χ4v) is 2.16. The third kappa shape index (κ3) is 2.32. The van der Waals surface area contributed by atoms with Crippen molar-refractivity contribution in [3.05, 3.63) is 34.1 Å². The lowest BCUT2D eigenvalue weighted by Gasteiger charge is -2.31. The molecule has 2 N–H and O–H groups in total. The van der Waals surface area contributed by atoms with Crippen molar-refractivity contribution in [3.8, 4) is 0 Å². The van der Waals surface area contributed by atoms with E-state index in [9.17, 15) is 8.78 Å². The molecule has 6 heteroatoms. The summed E-state index contributed by atoms with van der Waals surface area (Å²) in [5, 5.41) is 0. The number of ether oxygens (including phenoxy) is 1. The summed E-state index contributed by atoms with van der Waals surface area (Å²) in [6.45, 7) is -0.726. The van der Waals surface area contributed by atoms with Crippen LogP contribution in [0.5, 0.6) is 0 Å². The highest BCUT2D eigenvalue weighted by atomic mass is 79.9. The van der Waals surface area contributed by atoms with Gasteiger partial charge in [0.1, 0.15) is 30.5 Å². The second-order valence-corrected chi connectivity index (χ2v) is 4.80. The smallest absolute Gasteiger partial charge is 0.142 e. The van der Waals surface area contributed by atoms with Crippen LogP contribution in [0.4, 0.5) is 8.78 Å². The van der Waals surface area contributed by atoms with Crippen LogP contribution in [0.1, 0.15) is 5.56 Å². The predicted molar refractivity (Wildman–Crippen MR) is 64.2 cm³/mol. The maximum atomic E-state index is 13.8. The highest BCUT2D eigenvalue weighted by molar-refractivity contribution is 9.10. The van der Waals surface area contributed by atoms with E-state index in [0.717, 1.165) is 0 Å². The molecular formula is C11H11BrF2N2O. The lowest BCUT2D eigenvalue weighted by molar-refractivity contribution is 0.0808. The van der Waals surface area contributed by atoms with Crippen molar-refractivity contribution in [1.29, 1.82) is 0 Å². The number of hydrogen-bond acceptors (Lipinski definition) is 3. The first-order valence-electron chi connectivity index (χ1n) is 5.01. The number of halogens is 3. The molecule has 1 aliphatic heterocycles. The average molecular weight is 305 g/mol. The number of aliphatic imine (C=N–C) groups is 1. The molecule has 17 heavy (non-hydrogen) atoms. The van der Waals surface area contributed by atoms with Gasteiger partial charge in [-0.3, -0.25) is 4.99 Å². The van der Waals surface area contributed by atoms with E-state index in [1.54, 1.807) is 6.07 Å². The maximum Gasteiger partial charge on any atom is 0.142 e. The van der Waals surface area contributed by atoms with E-state index in [-0.39, 0.29) is 24.6 Å². The van der Waals surface area contributed by atoms with E-state index in [1.165, 1.54) is 12.1 Å². The molecule has 0 fully saturated rings. The minimum absolute atomic E-state index is 0.0163. The highest BCUT2D eigenvalue weighted by Gasteiger charge is 2.38. The topological polar surface area (TPSA) is 47.6 Å². The average Bonchev–Trinajstić information content (AvgIpc) is 2.32. The molecule has 1 aromatic rings. The summed E-state index contributed by atoms with van der Waals surface area (Å²) in [6, 6.07) is 4.30. The number of nitrogens with two attached hydrogens (primary N) is 1. The maximum absolute atomic E-state index is 13.8. The van der Waals surface area contributed by atoms with Crippen molar-refractivity contribution in [1.82, 2.24) is 0 Å². The summed E-state index contributed by atoms with van der Waals surface area (Å²) in [4.78, 5) is 4.04. The zero-order chi connectivity index (χ0) is 12.5. The fourth-order valence-electron chi connectivity index (χ4n) is 1.80. The van der Waals surface area contributed by atoms with E-state index in [2.05, 4.69) is 20.9 Å². The summed E-state index contributed by atoms with van der Waals surface area (Å²) >= 11 is 3.22. The van der Waals surface area contributed by atoms with Crippen molar-refractivity contribution in [2.45, 2.75) is 5.54 Å². The zero-order valence-corrected chi connectivity index (χ0v) is 10.5. The Labute approximate surface area is 106 Å². The molecule has 0 bridgehead atoms. The summed E-state index contributed by atoms with van der Waals surface area (Å²) in [7, 11) is 0. The molecule has 0 aromatic heterocycles. The van der Waals surface area contributed by atoms with E-state index in [4.69, 9.17) is 10.5 Å². The lowest BCUT2D eigenvalue weighted by atomic mass is 9.91. The zero-order valence-electron chi connectivity index (χ0n) is 8.92. The van der Waals surface area contributed by atoms with E-state index < -0.39 is 18.0 Å². The van der Waals surface area contributed by atoms with Gasteiger partial charge in [0.2, 0.25) is 0 Å². The molecule has 0 saturated carbocycles. The van der Waals surface area contributed by atoms with Crippen LogP contribution in [0.15, 0.2) is 27.7 Å². The van der Waals surface area contributed by atoms with Gasteiger partial charge in [-0.05, 0) is 18.2 Å². The van der Waals surface area contributed by atoms with Gasteiger partial charge in [-0.2, -0.15) is 0 Å². The van der Waals surface area contributed by atoms with Crippen LogP contribution >= 0.6 is 15.9 Å². The third-order valence-electron chi connectivity index (χ3n) is 2.60. The van der Waals surface area contributed by atoms with Crippen molar-refractivity contribution in [2.75, 3.05) is 19.9 Å². The van der Waals surface area contributed by atoms with Crippen molar-refractivity contribution in [2.24, 2.45) is 10.7 Å². The van der Waals surface area contributed by atoms with E-state index in [1.807, 2.05) is 0 Å². The SMILES string of the molecule is NC1=N[C@](CF)(c2cc(Br)ccc2F)COC1. The first-order chi connectivity index (χ1) is 8.07. The van der Waals surface area contributed by atoms with Gasteiger partial charge < -0.3 is 10.5 Å². The first-order valence-corrected chi connectivity index (χ1v) is 5.80. The molecule has 3 nitrogen and oxygen atoms in total. The third-order valence-corrected chi connectivity index (χ3v) is 3.09. The number of alkyl halides is 1. The molecule has 2 rings (SSSR count). The second kappa shape index (κ2) is 4.70. The minimum atomic E-state index is -1.36. The van der Waals surface area contributed by atoms with E-state index in [0.29, 0.717) is 4.47 Å². The standard InChI is InChI=1S/C11H11BrF2N2O/c12-7-1-2-9(14)8(3-7)11(5-13)6-17-4-10(15)16-11/h1-3H,4-6H2,(H2,15,16)/t11-/m0/s1. The Morgan fingerprint density at radius 2 is 2.29 bits per heavy atom. The number of benzene rings is 1. The van der Waals surface area contributed by atoms with Gasteiger partial charge in [0.25, 0.3) is 0 Å². The van der Waals surface area contributed by atoms with Crippen molar-refractivity contribution >= 4 is 21.8 Å². The second-order valence-electron chi connectivity index (χ2n) is 3.89. The first kappa shape index (κ1) is 12.4. The van der Waals surface area contributed by atoms with E-state index >= 15 is 0 Å². The molecule has 0 aliphatic carbocycles. The monoisotopic (exact) mass is 304 g/mol. The molecule has 0 unspecified atom stereocenters. The van der Waals surface area contributed by atoms with Gasteiger partial charge in [-0.25, -0.2) is 8.78 Å². The Hall–Kier alpha value is -1.01. The molecular weight excluding hydrogens is 294 g/mol. The van der Waals surface area contributed by atoms with Gasteiger partial charge in [0, 0.05) is 10.0 Å². The predicted octanol–water partition coefficient (Wildman–Crippen LogP) is 2.14. The summed E-state index contributed by atoms with van der Waals surface area (Å²) in [6.07, 6.45) is 0. The minimum Gasteiger partial charge on any atom is -0.385 e. The van der Waals surface area contributed by atoms with Crippen LogP contribution in [0.25, 0.3) is 0 Å². The number of hydrogen-bond donors (Lipinski definition) is 1. The summed E-state index contributed by atoms with van der Waals surface area (Å²) in [5.74, 6) is -0.346. The molecule has 1 heterocycles. The molecule has 1 aliphatic rings.